The molecule has 0 spiro atoms. The third-order valence-electron chi connectivity index (χ3n) is 3.10. The fraction of sp³-hybridized carbons (Fsp3) is 0.571. The van der Waals surface area contributed by atoms with Gasteiger partial charge < -0.3 is 10.6 Å². The van der Waals surface area contributed by atoms with Crippen LogP contribution in [0.3, 0.4) is 0 Å². The van der Waals surface area contributed by atoms with Crippen LogP contribution in [-0.2, 0) is 6.54 Å². The number of rotatable bonds is 6. The van der Waals surface area contributed by atoms with Crippen LogP contribution < -0.4 is 5.73 Å². The fourth-order valence-electron chi connectivity index (χ4n) is 1.70. The molecule has 1 unspecified atom stereocenters. The minimum Gasteiger partial charge on any atom is -0.327 e. The highest BCUT2D eigenvalue weighted by molar-refractivity contribution is 5.16. The van der Waals surface area contributed by atoms with Gasteiger partial charge in [-0.3, -0.25) is 0 Å². The predicted octanol–water partition coefficient (Wildman–Crippen LogP) is 2.63. The number of halogens is 1. The Morgan fingerprint density at radius 3 is 2.53 bits per heavy atom. The van der Waals surface area contributed by atoms with E-state index in [9.17, 15) is 4.39 Å². The topological polar surface area (TPSA) is 29.3 Å². The third kappa shape index (κ3) is 4.84. The minimum atomic E-state index is -0.132. The summed E-state index contributed by atoms with van der Waals surface area (Å²) in [5, 5.41) is 0. The Labute approximate surface area is 104 Å². The molecule has 3 heteroatoms. The lowest BCUT2D eigenvalue weighted by molar-refractivity contribution is 0.292. The van der Waals surface area contributed by atoms with Crippen molar-refractivity contribution < 1.29 is 4.39 Å². The number of hydrogen-bond acceptors (Lipinski definition) is 2. The van der Waals surface area contributed by atoms with E-state index in [4.69, 9.17) is 5.73 Å². The lowest BCUT2D eigenvalue weighted by atomic mass is 10.0. The minimum absolute atomic E-state index is 0.132. The predicted molar refractivity (Wildman–Crippen MR) is 70.2 cm³/mol. The van der Waals surface area contributed by atoms with E-state index < -0.39 is 0 Å². The molecule has 0 aliphatic carbocycles. The number of nitrogens with zero attached hydrogens (tertiary/aromatic N) is 1. The molecule has 1 aromatic rings. The molecule has 2 N–H and O–H groups in total. The van der Waals surface area contributed by atoms with Crippen LogP contribution in [0, 0.1) is 11.7 Å². The van der Waals surface area contributed by atoms with E-state index in [0.29, 0.717) is 12.5 Å². The van der Waals surface area contributed by atoms with Crippen molar-refractivity contribution >= 4 is 0 Å². The molecule has 0 saturated heterocycles. The number of benzene rings is 1. The van der Waals surface area contributed by atoms with Gasteiger partial charge in [0.2, 0.25) is 0 Å². The molecule has 1 rings (SSSR count). The van der Waals surface area contributed by atoms with Crippen LogP contribution in [0.2, 0.25) is 0 Å². The van der Waals surface area contributed by atoms with E-state index in [-0.39, 0.29) is 11.9 Å². The summed E-state index contributed by atoms with van der Waals surface area (Å²) in [6, 6.07) is 7.13. The normalized spacial score (nSPS) is 13.4. The number of nitrogens with two attached hydrogens (primary N) is 1. The summed E-state index contributed by atoms with van der Waals surface area (Å²) in [5.74, 6) is 0.365. The second-order valence-electron chi connectivity index (χ2n) is 5.03. The van der Waals surface area contributed by atoms with E-state index >= 15 is 0 Å². The largest absolute Gasteiger partial charge is 0.327 e. The van der Waals surface area contributed by atoms with Crippen molar-refractivity contribution in [3.63, 3.8) is 0 Å². The Kier molecular flexibility index (Phi) is 5.59. The SMILES string of the molecule is CC(C)C(N)CCN(C)Cc1ccccc1F. The fourth-order valence-corrected chi connectivity index (χ4v) is 1.70. The summed E-state index contributed by atoms with van der Waals surface area (Å²) in [7, 11) is 2.00. The van der Waals surface area contributed by atoms with Gasteiger partial charge in [-0.2, -0.15) is 0 Å². The third-order valence-corrected chi connectivity index (χ3v) is 3.10. The van der Waals surface area contributed by atoms with Crippen molar-refractivity contribution in [2.24, 2.45) is 11.7 Å². The molecule has 0 radical (unpaired) electrons. The van der Waals surface area contributed by atoms with Crippen LogP contribution in [0.5, 0.6) is 0 Å². The summed E-state index contributed by atoms with van der Waals surface area (Å²) in [4.78, 5) is 2.11. The molecule has 0 fully saturated rings. The monoisotopic (exact) mass is 238 g/mol. The van der Waals surface area contributed by atoms with Gasteiger partial charge in [-0.25, -0.2) is 4.39 Å². The molecular formula is C14H23FN2. The Morgan fingerprint density at radius 2 is 1.94 bits per heavy atom. The smallest absolute Gasteiger partial charge is 0.127 e. The Hall–Kier alpha value is -0.930. The molecule has 0 saturated carbocycles. The van der Waals surface area contributed by atoms with Gasteiger partial charge in [0.25, 0.3) is 0 Å². The first-order valence-corrected chi connectivity index (χ1v) is 6.18. The van der Waals surface area contributed by atoms with Gasteiger partial charge in [0.15, 0.2) is 0 Å². The van der Waals surface area contributed by atoms with Crippen LogP contribution in [0.15, 0.2) is 24.3 Å². The van der Waals surface area contributed by atoms with Gasteiger partial charge in [0.05, 0.1) is 0 Å². The maximum absolute atomic E-state index is 13.4. The van der Waals surface area contributed by atoms with Gasteiger partial charge in [0.1, 0.15) is 5.82 Å². The zero-order valence-corrected chi connectivity index (χ0v) is 11.0. The van der Waals surface area contributed by atoms with Crippen LogP contribution in [-0.4, -0.2) is 24.5 Å². The highest BCUT2D eigenvalue weighted by Crippen LogP contribution is 2.10. The van der Waals surface area contributed by atoms with Crippen molar-refractivity contribution in [1.29, 1.82) is 0 Å². The van der Waals surface area contributed by atoms with E-state index in [1.165, 1.54) is 6.07 Å². The van der Waals surface area contributed by atoms with E-state index in [2.05, 4.69) is 18.7 Å². The standard InChI is InChI=1S/C14H23FN2/c1-11(2)14(16)8-9-17(3)10-12-6-4-5-7-13(12)15/h4-7,11,14H,8-10,16H2,1-3H3. The lowest BCUT2D eigenvalue weighted by Gasteiger charge is -2.21. The summed E-state index contributed by atoms with van der Waals surface area (Å²) in [5.41, 5.74) is 6.73. The second-order valence-corrected chi connectivity index (χ2v) is 5.03. The summed E-state index contributed by atoms with van der Waals surface area (Å²) >= 11 is 0. The maximum Gasteiger partial charge on any atom is 0.127 e. The molecular weight excluding hydrogens is 215 g/mol. The van der Waals surface area contributed by atoms with Gasteiger partial charge in [0, 0.05) is 18.2 Å². The van der Waals surface area contributed by atoms with E-state index in [1.54, 1.807) is 6.07 Å². The van der Waals surface area contributed by atoms with Crippen LogP contribution >= 0.6 is 0 Å². The lowest BCUT2D eigenvalue weighted by Crippen LogP contribution is -2.31. The zero-order valence-electron chi connectivity index (χ0n) is 11.0. The highest BCUT2D eigenvalue weighted by Gasteiger charge is 2.10. The van der Waals surface area contributed by atoms with Crippen LogP contribution in [0.1, 0.15) is 25.8 Å². The summed E-state index contributed by atoms with van der Waals surface area (Å²) in [6.07, 6.45) is 0.947. The average Bonchev–Trinajstić information content (AvgIpc) is 2.29. The van der Waals surface area contributed by atoms with Crippen molar-refractivity contribution in [2.75, 3.05) is 13.6 Å². The van der Waals surface area contributed by atoms with Crippen LogP contribution in [0.25, 0.3) is 0 Å². The molecule has 0 bridgehead atoms. The molecule has 0 aromatic heterocycles. The van der Waals surface area contributed by atoms with Crippen molar-refractivity contribution in [2.45, 2.75) is 32.9 Å². The maximum atomic E-state index is 13.4. The van der Waals surface area contributed by atoms with Crippen LogP contribution in [0.4, 0.5) is 4.39 Å². The van der Waals surface area contributed by atoms with Crippen molar-refractivity contribution in [3.8, 4) is 0 Å². The van der Waals surface area contributed by atoms with Crippen molar-refractivity contribution in [1.82, 2.24) is 4.90 Å². The zero-order chi connectivity index (χ0) is 12.8. The molecule has 0 aliphatic rings. The Bertz CT molecular complexity index is 339. The first-order valence-electron chi connectivity index (χ1n) is 6.18. The second kappa shape index (κ2) is 6.72. The molecule has 1 aromatic carbocycles. The van der Waals surface area contributed by atoms with Gasteiger partial charge in [-0.05, 0) is 32.0 Å². The summed E-state index contributed by atoms with van der Waals surface area (Å²) < 4.78 is 13.4. The molecule has 1 atom stereocenters. The van der Waals surface area contributed by atoms with Gasteiger partial charge in [-0.15, -0.1) is 0 Å². The van der Waals surface area contributed by atoms with E-state index in [0.717, 1.165) is 18.5 Å². The summed E-state index contributed by atoms with van der Waals surface area (Å²) in [6.45, 7) is 5.79. The Balaban J connectivity index is 2.40. The van der Waals surface area contributed by atoms with Crippen molar-refractivity contribution in [3.05, 3.63) is 35.6 Å². The molecule has 0 aliphatic heterocycles. The van der Waals surface area contributed by atoms with Gasteiger partial charge in [-0.1, -0.05) is 32.0 Å². The Morgan fingerprint density at radius 1 is 1.29 bits per heavy atom. The van der Waals surface area contributed by atoms with E-state index in [1.807, 2.05) is 19.2 Å². The quantitative estimate of drug-likeness (QED) is 0.825. The molecule has 17 heavy (non-hydrogen) atoms. The molecule has 2 nitrogen and oxygen atoms in total. The average molecular weight is 238 g/mol. The molecule has 96 valence electrons. The molecule has 0 amide bonds. The molecule has 0 heterocycles. The first kappa shape index (κ1) is 14.1. The first-order chi connectivity index (χ1) is 8.00. The van der Waals surface area contributed by atoms with Gasteiger partial charge >= 0.3 is 0 Å². The highest BCUT2D eigenvalue weighted by atomic mass is 19.1. The number of hydrogen-bond donors (Lipinski definition) is 1.